The molecule has 1 aliphatic heterocycles. The van der Waals surface area contributed by atoms with Crippen LogP contribution in [0.3, 0.4) is 0 Å². The van der Waals surface area contributed by atoms with Crippen molar-refractivity contribution in [3.8, 4) is 0 Å². The van der Waals surface area contributed by atoms with E-state index in [0.717, 1.165) is 43.4 Å². The highest BCUT2D eigenvalue weighted by molar-refractivity contribution is 7.20. The molecule has 1 saturated heterocycles. The van der Waals surface area contributed by atoms with Crippen LogP contribution in [-0.2, 0) is 11.2 Å². The molecule has 3 heterocycles. The molecule has 0 aliphatic carbocycles. The molecule has 3 rings (SSSR count). The van der Waals surface area contributed by atoms with Gasteiger partial charge in [0.05, 0.1) is 13.2 Å². The topological polar surface area (TPSA) is 59.7 Å². The van der Waals surface area contributed by atoms with Gasteiger partial charge < -0.3 is 9.64 Å². The fourth-order valence-electron chi connectivity index (χ4n) is 2.51. The van der Waals surface area contributed by atoms with Crippen molar-refractivity contribution in [1.82, 2.24) is 14.6 Å². The first kappa shape index (κ1) is 14.5. The molecule has 114 valence electrons. The fraction of sp³-hybridized carbons (Fsp3) is 0.643. The number of anilines is 1. The van der Waals surface area contributed by atoms with Gasteiger partial charge in [-0.2, -0.15) is 4.52 Å². The van der Waals surface area contributed by atoms with E-state index in [2.05, 4.69) is 28.8 Å². The Kier molecular flexibility index (Phi) is 4.21. The van der Waals surface area contributed by atoms with Crippen LogP contribution >= 0.6 is 11.3 Å². The van der Waals surface area contributed by atoms with Crippen molar-refractivity contribution in [2.24, 2.45) is 5.92 Å². The number of aromatic nitrogens is 3. The van der Waals surface area contributed by atoms with Gasteiger partial charge in [-0.3, -0.25) is 4.79 Å². The highest BCUT2D eigenvalue weighted by Crippen LogP contribution is 2.23. The van der Waals surface area contributed by atoms with Gasteiger partial charge in [-0.25, -0.2) is 4.98 Å². The molecule has 6 nitrogen and oxygen atoms in total. The molecule has 0 amide bonds. The number of nitrogens with zero attached hydrogens (tertiary/aromatic N) is 4. The lowest BCUT2D eigenvalue weighted by molar-refractivity contribution is 0.129. The summed E-state index contributed by atoms with van der Waals surface area (Å²) in [5, 5.41) is 5.30. The van der Waals surface area contributed by atoms with Crippen molar-refractivity contribution >= 4 is 21.4 Å². The molecule has 0 aromatic carbocycles. The number of fused-ring (bicyclic) bond motifs is 1. The van der Waals surface area contributed by atoms with Crippen LogP contribution in [0, 0.1) is 5.92 Å². The zero-order valence-electron chi connectivity index (χ0n) is 12.4. The summed E-state index contributed by atoms with van der Waals surface area (Å²) < 4.78 is 6.97. The van der Waals surface area contributed by atoms with Crippen LogP contribution in [-0.4, -0.2) is 40.9 Å². The van der Waals surface area contributed by atoms with Gasteiger partial charge in [0.2, 0.25) is 10.1 Å². The zero-order valence-corrected chi connectivity index (χ0v) is 13.2. The Morgan fingerprint density at radius 2 is 2.38 bits per heavy atom. The summed E-state index contributed by atoms with van der Waals surface area (Å²) in [5.74, 6) is 0.458. The van der Waals surface area contributed by atoms with Crippen molar-refractivity contribution < 1.29 is 4.74 Å². The normalized spacial score (nSPS) is 19.9. The molecular formula is C14H20N4O2S. The van der Waals surface area contributed by atoms with E-state index in [9.17, 15) is 4.79 Å². The monoisotopic (exact) mass is 308 g/mol. The molecule has 7 heteroatoms. The molecule has 2 aromatic heterocycles. The molecule has 21 heavy (non-hydrogen) atoms. The molecule has 0 bridgehead atoms. The smallest absolute Gasteiger partial charge is 0.275 e. The molecule has 0 spiro atoms. The third-order valence-electron chi connectivity index (χ3n) is 3.50. The first-order valence-electron chi connectivity index (χ1n) is 7.40. The lowest BCUT2D eigenvalue weighted by Gasteiger charge is -2.19. The summed E-state index contributed by atoms with van der Waals surface area (Å²) in [7, 11) is 0. The van der Waals surface area contributed by atoms with E-state index < -0.39 is 0 Å². The molecular weight excluding hydrogens is 288 g/mol. The quantitative estimate of drug-likeness (QED) is 0.861. The van der Waals surface area contributed by atoms with Gasteiger partial charge in [-0.1, -0.05) is 31.6 Å². The van der Waals surface area contributed by atoms with Crippen LogP contribution in [0.4, 0.5) is 5.13 Å². The van der Waals surface area contributed by atoms with Gasteiger partial charge in [0, 0.05) is 24.8 Å². The maximum absolute atomic E-state index is 12.1. The third-order valence-corrected chi connectivity index (χ3v) is 4.47. The predicted molar refractivity (Wildman–Crippen MR) is 83.3 cm³/mol. The second kappa shape index (κ2) is 6.11. The number of aryl methyl sites for hydroxylation is 1. The minimum atomic E-state index is -0.0925. The van der Waals surface area contributed by atoms with Crippen molar-refractivity contribution in [3.63, 3.8) is 0 Å². The van der Waals surface area contributed by atoms with E-state index in [1.54, 1.807) is 6.07 Å². The zero-order chi connectivity index (χ0) is 14.8. The van der Waals surface area contributed by atoms with Crippen LogP contribution in [0.1, 0.15) is 26.0 Å². The molecule has 0 saturated carbocycles. The first-order valence-corrected chi connectivity index (χ1v) is 8.21. The van der Waals surface area contributed by atoms with E-state index >= 15 is 0 Å². The van der Waals surface area contributed by atoms with E-state index in [4.69, 9.17) is 4.74 Å². The summed E-state index contributed by atoms with van der Waals surface area (Å²) in [6, 6.07) is 1.59. The average Bonchev–Trinajstić information content (AvgIpc) is 2.75. The van der Waals surface area contributed by atoms with E-state index in [1.807, 2.05) is 0 Å². The minimum absolute atomic E-state index is 0.0925. The number of ether oxygens (including phenoxy) is 1. The second-order valence-corrected chi connectivity index (χ2v) is 6.48. The summed E-state index contributed by atoms with van der Waals surface area (Å²) in [6.07, 6.45) is 1.81. The van der Waals surface area contributed by atoms with Crippen molar-refractivity contribution in [3.05, 3.63) is 22.1 Å². The lowest BCUT2D eigenvalue weighted by atomic mass is 10.2. The van der Waals surface area contributed by atoms with Gasteiger partial charge in [-0.15, -0.1) is 5.10 Å². The fourth-order valence-corrected chi connectivity index (χ4v) is 3.47. The Morgan fingerprint density at radius 1 is 1.52 bits per heavy atom. The summed E-state index contributed by atoms with van der Waals surface area (Å²) >= 11 is 1.48. The Morgan fingerprint density at radius 3 is 3.19 bits per heavy atom. The minimum Gasteiger partial charge on any atom is -0.379 e. The largest absolute Gasteiger partial charge is 0.379 e. The summed E-state index contributed by atoms with van der Waals surface area (Å²) in [6.45, 7) is 7.43. The maximum Gasteiger partial charge on any atom is 0.275 e. The van der Waals surface area contributed by atoms with Crippen molar-refractivity contribution in [2.75, 3.05) is 31.2 Å². The SMILES string of the molecule is CCCc1cc(=O)n2nc(N3CCOCC(C)C3)sc2n1. The van der Waals surface area contributed by atoms with Crippen LogP contribution in [0.25, 0.3) is 4.96 Å². The molecule has 0 N–H and O–H groups in total. The highest BCUT2D eigenvalue weighted by atomic mass is 32.1. The highest BCUT2D eigenvalue weighted by Gasteiger charge is 2.19. The maximum atomic E-state index is 12.1. The Bertz CT molecular complexity index is 681. The van der Waals surface area contributed by atoms with Gasteiger partial charge >= 0.3 is 0 Å². The second-order valence-electron chi connectivity index (χ2n) is 5.54. The summed E-state index contributed by atoms with van der Waals surface area (Å²) in [4.78, 5) is 19.5. The number of hydrogen-bond donors (Lipinski definition) is 0. The van der Waals surface area contributed by atoms with Gasteiger partial charge in [0.15, 0.2) is 0 Å². The van der Waals surface area contributed by atoms with Crippen LogP contribution in [0.2, 0.25) is 0 Å². The average molecular weight is 308 g/mol. The van der Waals surface area contributed by atoms with E-state index in [0.29, 0.717) is 17.5 Å². The summed E-state index contributed by atoms with van der Waals surface area (Å²) in [5.41, 5.74) is 0.760. The number of hydrogen-bond acceptors (Lipinski definition) is 6. The Balaban J connectivity index is 1.96. The lowest BCUT2D eigenvalue weighted by Crippen LogP contribution is -2.29. The van der Waals surface area contributed by atoms with Crippen LogP contribution < -0.4 is 10.5 Å². The molecule has 1 fully saturated rings. The van der Waals surface area contributed by atoms with E-state index in [-0.39, 0.29) is 5.56 Å². The Hall–Kier alpha value is -1.47. The van der Waals surface area contributed by atoms with Gasteiger partial charge in [0.1, 0.15) is 0 Å². The van der Waals surface area contributed by atoms with Gasteiger partial charge in [-0.05, 0) is 12.3 Å². The first-order chi connectivity index (χ1) is 10.2. The van der Waals surface area contributed by atoms with Crippen LogP contribution in [0.15, 0.2) is 10.9 Å². The van der Waals surface area contributed by atoms with Crippen LogP contribution in [0.5, 0.6) is 0 Å². The van der Waals surface area contributed by atoms with E-state index in [1.165, 1.54) is 15.9 Å². The molecule has 2 aromatic rings. The molecule has 1 atom stereocenters. The molecule has 0 radical (unpaired) electrons. The Labute approximate surface area is 127 Å². The predicted octanol–water partition coefficient (Wildman–Crippen LogP) is 1.58. The van der Waals surface area contributed by atoms with Gasteiger partial charge in [0.25, 0.3) is 5.56 Å². The molecule has 1 unspecified atom stereocenters. The number of rotatable bonds is 3. The van der Waals surface area contributed by atoms with Crippen molar-refractivity contribution in [2.45, 2.75) is 26.7 Å². The molecule has 1 aliphatic rings. The third kappa shape index (κ3) is 3.08. The standard InChI is InChI=1S/C14H20N4O2S/c1-3-4-11-7-12(19)18-13(15-11)21-14(16-18)17-5-6-20-9-10(2)8-17/h7,10H,3-6,8-9H2,1-2H3. The van der Waals surface area contributed by atoms with Crippen molar-refractivity contribution in [1.29, 1.82) is 0 Å².